The summed E-state index contributed by atoms with van der Waals surface area (Å²) in [6, 6.07) is 5.36. The summed E-state index contributed by atoms with van der Waals surface area (Å²) < 4.78 is 1.84. The number of nitrogens with two attached hydrogens (primary N) is 1. The molecule has 1 aromatic carbocycles. The number of carbonyl (C=O) groups excluding carboxylic acids is 2. The van der Waals surface area contributed by atoms with Gasteiger partial charge in [0.2, 0.25) is 23.2 Å². The van der Waals surface area contributed by atoms with E-state index in [1.54, 1.807) is 30.6 Å². The molecule has 0 saturated heterocycles. The Morgan fingerprint density at radius 2 is 2.06 bits per heavy atom. The van der Waals surface area contributed by atoms with Crippen LogP contribution >= 0.6 is 11.6 Å². The van der Waals surface area contributed by atoms with E-state index >= 15 is 0 Å². The molecule has 2 aliphatic rings. The Morgan fingerprint density at radius 3 is 2.73 bits per heavy atom. The van der Waals surface area contributed by atoms with Gasteiger partial charge in [-0.25, -0.2) is 14.3 Å². The van der Waals surface area contributed by atoms with Crippen molar-refractivity contribution >= 4 is 58.2 Å². The molecule has 2 aliphatic heterocycles. The van der Waals surface area contributed by atoms with E-state index < -0.39 is 23.2 Å². The lowest BCUT2D eigenvalue weighted by atomic mass is 10.1. The lowest BCUT2D eigenvalue weighted by Gasteiger charge is -2.20. The third-order valence-electron chi connectivity index (χ3n) is 5.44. The number of anilines is 3. The number of hydrogen-bond donors (Lipinski definition) is 5. The number of carbonyl (C=O) groups is 3. The van der Waals surface area contributed by atoms with E-state index in [0.717, 1.165) is 5.69 Å². The Hall–Kier alpha value is -3.93. The van der Waals surface area contributed by atoms with Gasteiger partial charge in [-0.15, -0.1) is 0 Å². The molecular formula is C20H21ClN7O5+. The van der Waals surface area contributed by atoms with Gasteiger partial charge in [-0.1, -0.05) is 0 Å². The second kappa shape index (κ2) is 8.90. The number of nitrogen functional groups attached to an aromatic ring is 1. The molecule has 0 bridgehead atoms. The minimum atomic E-state index is -1.25. The van der Waals surface area contributed by atoms with E-state index in [0.29, 0.717) is 24.6 Å². The van der Waals surface area contributed by atoms with Crippen molar-refractivity contribution in [2.75, 3.05) is 29.0 Å². The standard InChI is InChI=1S/C20H20ClN7O5/c21-14(29)6-5-13(19(32)33)24-17(30)10-1-3-11(4-2-10)27-8-12-7-23-16-15(28(12)9-27)18(31)26-20(22)25-16/h1-4,9,12-13H,5-8H2,(H5-,22,23,24,25,26,30,31,32,33)/p+1/t12?,13-/m0/s1. The highest BCUT2D eigenvalue weighted by Crippen LogP contribution is 2.28. The third kappa shape index (κ3) is 4.65. The quantitative estimate of drug-likeness (QED) is 0.274. The highest BCUT2D eigenvalue weighted by atomic mass is 35.5. The molecule has 0 spiro atoms. The smallest absolute Gasteiger partial charge is 0.326 e. The van der Waals surface area contributed by atoms with E-state index in [2.05, 4.69) is 20.6 Å². The Bertz CT molecular complexity index is 1210. The van der Waals surface area contributed by atoms with Gasteiger partial charge in [0, 0.05) is 12.0 Å². The van der Waals surface area contributed by atoms with Crippen molar-refractivity contribution in [2.24, 2.45) is 0 Å². The Balaban J connectivity index is 1.49. The lowest BCUT2D eigenvalue weighted by Crippen LogP contribution is -2.41. The first-order valence-electron chi connectivity index (χ1n) is 10.1. The number of rotatable bonds is 7. The molecule has 1 aromatic heterocycles. The average Bonchev–Trinajstić information content (AvgIpc) is 3.20. The molecule has 2 atom stereocenters. The van der Waals surface area contributed by atoms with Crippen LogP contribution in [0.4, 0.5) is 23.1 Å². The number of benzene rings is 1. The zero-order valence-electron chi connectivity index (χ0n) is 17.2. The molecule has 0 aliphatic carbocycles. The monoisotopic (exact) mass is 474 g/mol. The molecule has 12 nitrogen and oxygen atoms in total. The number of aromatic amines is 1. The molecule has 0 fully saturated rings. The molecule has 13 heteroatoms. The molecule has 6 N–H and O–H groups in total. The first kappa shape index (κ1) is 22.3. The normalized spacial score (nSPS) is 17.3. The maximum absolute atomic E-state index is 12.5. The molecule has 0 saturated carbocycles. The number of amides is 1. The van der Waals surface area contributed by atoms with Crippen LogP contribution in [-0.4, -0.2) is 68.3 Å². The van der Waals surface area contributed by atoms with Gasteiger partial charge >= 0.3 is 11.5 Å². The molecule has 33 heavy (non-hydrogen) atoms. The van der Waals surface area contributed by atoms with E-state index in [-0.39, 0.29) is 36.0 Å². The van der Waals surface area contributed by atoms with Crippen LogP contribution in [0.2, 0.25) is 0 Å². The zero-order valence-corrected chi connectivity index (χ0v) is 18.0. The second-order valence-electron chi connectivity index (χ2n) is 7.66. The fraction of sp³-hybridized carbons (Fsp3) is 0.300. The number of carboxylic acids is 1. The summed E-state index contributed by atoms with van der Waals surface area (Å²) in [6.07, 6.45) is 1.54. The highest BCUT2D eigenvalue weighted by molar-refractivity contribution is 6.63. The van der Waals surface area contributed by atoms with Crippen molar-refractivity contribution < 1.29 is 24.1 Å². The van der Waals surface area contributed by atoms with Crippen LogP contribution in [0, 0.1) is 0 Å². The number of carboxylic acid groups (broad SMARTS) is 1. The number of hydrogen-bond acceptors (Lipinski definition) is 8. The molecular weight excluding hydrogens is 454 g/mol. The van der Waals surface area contributed by atoms with E-state index in [1.165, 1.54) is 0 Å². The first-order chi connectivity index (χ1) is 15.7. The highest BCUT2D eigenvalue weighted by Gasteiger charge is 2.39. The molecule has 172 valence electrons. The van der Waals surface area contributed by atoms with E-state index in [4.69, 9.17) is 17.3 Å². The van der Waals surface area contributed by atoms with Gasteiger partial charge in [-0.2, -0.15) is 4.98 Å². The summed E-state index contributed by atoms with van der Waals surface area (Å²) in [5.74, 6) is -1.37. The number of aromatic nitrogens is 2. The number of halogens is 1. The fourth-order valence-corrected chi connectivity index (χ4v) is 3.91. The predicted molar refractivity (Wildman–Crippen MR) is 120 cm³/mol. The summed E-state index contributed by atoms with van der Waals surface area (Å²) in [6.45, 7) is 1.16. The number of nitrogens with zero attached hydrogens (tertiary/aromatic N) is 3. The lowest BCUT2D eigenvalue weighted by molar-refractivity contribution is -0.468. The van der Waals surface area contributed by atoms with Crippen LogP contribution in [-0.2, 0) is 9.59 Å². The van der Waals surface area contributed by atoms with Crippen LogP contribution in [0.25, 0.3) is 0 Å². The average molecular weight is 475 g/mol. The third-order valence-corrected chi connectivity index (χ3v) is 5.62. The van der Waals surface area contributed by atoms with Crippen LogP contribution in [0.1, 0.15) is 23.2 Å². The molecule has 3 heterocycles. The maximum Gasteiger partial charge on any atom is 0.326 e. The van der Waals surface area contributed by atoms with Gasteiger partial charge in [-0.3, -0.25) is 19.4 Å². The number of fused-ring (bicyclic) bond motifs is 3. The van der Waals surface area contributed by atoms with Crippen molar-refractivity contribution in [3.63, 3.8) is 0 Å². The van der Waals surface area contributed by atoms with E-state index in [9.17, 15) is 24.3 Å². The van der Waals surface area contributed by atoms with Crippen LogP contribution < -0.4 is 26.8 Å². The molecule has 0 radical (unpaired) electrons. The largest absolute Gasteiger partial charge is 0.480 e. The molecule has 1 unspecified atom stereocenters. The minimum absolute atomic E-state index is 0.00651. The van der Waals surface area contributed by atoms with Crippen molar-refractivity contribution in [3.05, 3.63) is 40.2 Å². The van der Waals surface area contributed by atoms with Crippen molar-refractivity contribution in [3.8, 4) is 0 Å². The van der Waals surface area contributed by atoms with Gasteiger partial charge in [0.25, 0.3) is 5.91 Å². The summed E-state index contributed by atoms with van der Waals surface area (Å²) in [4.78, 5) is 55.7. The van der Waals surface area contributed by atoms with Gasteiger partial charge in [0.15, 0.2) is 11.9 Å². The number of aliphatic carboxylic acids is 1. The Labute approximate surface area is 192 Å². The topological polar surface area (TPSA) is 174 Å². The molecule has 2 aromatic rings. The Kier molecular flexibility index (Phi) is 6.01. The second-order valence-corrected chi connectivity index (χ2v) is 8.08. The van der Waals surface area contributed by atoms with Crippen LogP contribution in [0.5, 0.6) is 0 Å². The molecule has 4 rings (SSSR count). The summed E-state index contributed by atoms with van der Waals surface area (Å²) in [7, 11) is 0. The number of nitrogens with one attached hydrogen (secondary N) is 3. The van der Waals surface area contributed by atoms with Gasteiger partial charge in [0.1, 0.15) is 18.3 Å². The van der Waals surface area contributed by atoms with Gasteiger partial charge in [-0.05, 0) is 42.3 Å². The maximum atomic E-state index is 12.5. The van der Waals surface area contributed by atoms with E-state index in [1.807, 2.05) is 9.48 Å². The SMILES string of the molecule is Nc1nc2c(c(=O)[nH]1)[N+]1=CN(c3ccc(C(=O)N[C@@H](CCC(=O)Cl)C(=O)O)cc3)CC1CN2. The van der Waals surface area contributed by atoms with Crippen LogP contribution in [0.15, 0.2) is 29.1 Å². The van der Waals surface area contributed by atoms with Crippen molar-refractivity contribution in [1.29, 1.82) is 0 Å². The fourth-order valence-electron chi connectivity index (χ4n) is 3.80. The summed E-state index contributed by atoms with van der Waals surface area (Å²) in [5.41, 5.74) is 6.71. The molecule has 1 amide bonds. The zero-order chi connectivity index (χ0) is 23.7. The minimum Gasteiger partial charge on any atom is -0.480 e. The Morgan fingerprint density at radius 1 is 1.33 bits per heavy atom. The number of H-pyrrole nitrogens is 1. The predicted octanol–water partition coefficient (Wildman–Crippen LogP) is 0.0673. The van der Waals surface area contributed by atoms with Crippen LogP contribution in [0.3, 0.4) is 0 Å². The summed E-state index contributed by atoms with van der Waals surface area (Å²) in [5, 5.41) is 14.1. The van der Waals surface area contributed by atoms with Crippen molar-refractivity contribution in [1.82, 2.24) is 15.3 Å². The van der Waals surface area contributed by atoms with Gasteiger partial charge < -0.3 is 21.5 Å². The van der Waals surface area contributed by atoms with Gasteiger partial charge in [0.05, 0.1) is 6.54 Å². The first-order valence-corrected chi connectivity index (χ1v) is 10.5. The summed E-state index contributed by atoms with van der Waals surface area (Å²) >= 11 is 5.26. The van der Waals surface area contributed by atoms with Crippen molar-refractivity contribution in [2.45, 2.75) is 24.9 Å².